The Balaban J connectivity index is 1.42. The Morgan fingerprint density at radius 3 is 2.36 bits per heavy atom. The maximum atomic E-state index is 12.2. The lowest BCUT2D eigenvalue weighted by Crippen LogP contribution is -2.45. The normalized spacial score (nSPS) is 15.4. The lowest BCUT2D eigenvalue weighted by Gasteiger charge is -2.34. The Bertz CT molecular complexity index is 1050. The van der Waals surface area contributed by atoms with E-state index in [1.54, 1.807) is 0 Å². The largest absolute Gasteiger partial charge is 0.327 e. The van der Waals surface area contributed by atoms with Crippen LogP contribution in [0.15, 0.2) is 48.5 Å². The summed E-state index contributed by atoms with van der Waals surface area (Å²) in [4.78, 5) is 22.2. The molecule has 0 radical (unpaired) electrons. The van der Waals surface area contributed by atoms with Crippen LogP contribution in [0.1, 0.15) is 45.0 Å². The van der Waals surface area contributed by atoms with Crippen LogP contribution in [-0.2, 0) is 24.4 Å². The number of nitrogens with zero attached hydrogens (tertiary/aromatic N) is 4. The van der Waals surface area contributed by atoms with Crippen molar-refractivity contribution in [3.8, 4) is 0 Å². The molecule has 1 aliphatic rings. The summed E-state index contributed by atoms with van der Waals surface area (Å²) in [5.74, 6) is 1.53. The van der Waals surface area contributed by atoms with E-state index in [4.69, 9.17) is 4.98 Å². The lowest BCUT2D eigenvalue weighted by molar-refractivity contribution is -0.116. The molecule has 3 aromatic rings. The highest BCUT2D eigenvalue weighted by atomic mass is 16.1. The van der Waals surface area contributed by atoms with Gasteiger partial charge in [0.2, 0.25) is 5.91 Å². The molecule has 2 aromatic carbocycles. The summed E-state index contributed by atoms with van der Waals surface area (Å²) >= 11 is 0. The van der Waals surface area contributed by atoms with E-state index in [1.807, 2.05) is 12.1 Å². The number of imidazole rings is 1. The maximum Gasteiger partial charge on any atom is 0.224 e. The highest BCUT2D eigenvalue weighted by molar-refractivity contribution is 5.93. The van der Waals surface area contributed by atoms with Crippen LogP contribution >= 0.6 is 0 Å². The molecule has 1 N–H and O–H groups in total. The summed E-state index contributed by atoms with van der Waals surface area (Å²) < 4.78 is 2.35. The van der Waals surface area contributed by atoms with Gasteiger partial charge in [-0.15, -0.1) is 0 Å². The number of amides is 1. The van der Waals surface area contributed by atoms with Crippen molar-refractivity contribution in [2.75, 3.05) is 31.5 Å². The molecule has 0 bridgehead atoms. The molecule has 1 aromatic heterocycles. The number of rotatable bonds is 9. The third-order valence-electron chi connectivity index (χ3n) is 6.23. The fraction of sp³-hybridized carbons (Fsp3) is 0.481. The van der Waals surface area contributed by atoms with Crippen molar-refractivity contribution in [2.24, 2.45) is 5.92 Å². The van der Waals surface area contributed by atoms with Gasteiger partial charge in [0.15, 0.2) is 0 Å². The van der Waals surface area contributed by atoms with Crippen LogP contribution in [0.4, 0.5) is 5.69 Å². The van der Waals surface area contributed by atoms with Gasteiger partial charge >= 0.3 is 0 Å². The van der Waals surface area contributed by atoms with E-state index in [0.29, 0.717) is 12.3 Å². The minimum absolute atomic E-state index is 0.0611. The zero-order valence-corrected chi connectivity index (χ0v) is 20.3. The number of hydrogen-bond donors (Lipinski definition) is 1. The van der Waals surface area contributed by atoms with Crippen molar-refractivity contribution < 1.29 is 4.79 Å². The number of aromatic nitrogens is 2. The Morgan fingerprint density at radius 1 is 1.00 bits per heavy atom. The maximum absolute atomic E-state index is 12.2. The van der Waals surface area contributed by atoms with Crippen molar-refractivity contribution in [3.05, 3.63) is 59.9 Å². The number of fused-ring (bicyclic) bond motifs is 1. The number of aryl methyl sites for hydroxylation is 1. The second kappa shape index (κ2) is 10.9. The first-order chi connectivity index (χ1) is 16.0. The number of carbonyl (C=O) groups is 1. The molecule has 0 spiro atoms. The minimum Gasteiger partial charge on any atom is -0.327 e. The first kappa shape index (κ1) is 23.5. The molecule has 1 saturated heterocycles. The molecular weight excluding hydrogens is 410 g/mol. The van der Waals surface area contributed by atoms with Crippen molar-refractivity contribution in [1.82, 2.24) is 19.4 Å². The molecule has 0 unspecified atom stereocenters. The first-order valence-electron chi connectivity index (χ1n) is 12.3. The van der Waals surface area contributed by atoms with Gasteiger partial charge in [0.1, 0.15) is 5.82 Å². The fourth-order valence-electron chi connectivity index (χ4n) is 4.58. The highest BCUT2D eigenvalue weighted by Gasteiger charge is 2.20. The summed E-state index contributed by atoms with van der Waals surface area (Å²) in [5.41, 5.74) is 4.32. The number of nitrogens with one attached hydrogen (secondary N) is 1. The number of benzene rings is 2. The molecule has 0 aliphatic carbocycles. The second-order valence-electron chi connectivity index (χ2n) is 9.57. The monoisotopic (exact) mass is 447 g/mol. The molecule has 4 rings (SSSR count). The van der Waals surface area contributed by atoms with E-state index in [1.165, 1.54) is 5.56 Å². The van der Waals surface area contributed by atoms with Crippen LogP contribution in [0, 0.1) is 5.92 Å². The van der Waals surface area contributed by atoms with Crippen LogP contribution in [0.2, 0.25) is 0 Å². The van der Waals surface area contributed by atoms with Crippen molar-refractivity contribution in [1.29, 1.82) is 0 Å². The molecule has 1 fully saturated rings. The van der Waals surface area contributed by atoms with Gasteiger partial charge in [0, 0.05) is 51.4 Å². The van der Waals surface area contributed by atoms with Gasteiger partial charge in [0.05, 0.1) is 17.6 Å². The molecular formula is C27H37N5O. The van der Waals surface area contributed by atoms with Crippen LogP contribution in [0.5, 0.6) is 0 Å². The average Bonchev–Trinajstić information content (AvgIpc) is 3.11. The van der Waals surface area contributed by atoms with Gasteiger partial charge < -0.3 is 9.88 Å². The summed E-state index contributed by atoms with van der Waals surface area (Å²) in [7, 11) is 0. The van der Waals surface area contributed by atoms with Gasteiger partial charge in [0.25, 0.3) is 0 Å². The van der Waals surface area contributed by atoms with Gasteiger partial charge in [-0.25, -0.2) is 4.98 Å². The standard InChI is InChI=1S/C27H37N5O/c1-4-12-32-25-11-10-23(28-27(33)17-21(2)3)18-24(25)29-26(32)20-31-15-13-30(14-16-31)19-22-8-6-5-7-9-22/h5-11,18,21H,4,12-17,19-20H2,1-3H3,(H,28,33). The smallest absolute Gasteiger partial charge is 0.224 e. The summed E-state index contributed by atoms with van der Waals surface area (Å²) in [5, 5.41) is 3.03. The topological polar surface area (TPSA) is 53.4 Å². The lowest BCUT2D eigenvalue weighted by atomic mass is 10.1. The Kier molecular flexibility index (Phi) is 7.78. The second-order valence-corrected chi connectivity index (χ2v) is 9.57. The summed E-state index contributed by atoms with van der Waals surface area (Å²) in [6, 6.07) is 16.8. The molecule has 1 aliphatic heterocycles. The molecule has 0 atom stereocenters. The quantitative estimate of drug-likeness (QED) is 0.514. The van der Waals surface area contributed by atoms with Crippen molar-refractivity contribution in [2.45, 2.75) is 53.2 Å². The predicted octanol–water partition coefficient (Wildman–Crippen LogP) is 4.75. The number of anilines is 1. The van der Waals surface area contributed by atoms with E-state index in [2.05, 4.69) is 76.9 Å². The molecule has 1 amide bonds. The van der Waals surface area contributed by atoms with E-state index < -0.39 is 0 Å². The van der Waals surface area contributed by atoms with Crippen LogP contribution in [0.25, 0.3) is 11.0 Å². The van der Waals surface area contributed by atoms with E-state index in [-0.39, 0.29) is 5.91 Å². The summed E-state index contributed by atoms with van der Waals surface area (Å²) in [6.45, 7) is 13.4. The third kappa shape index (κ3) is 6.21. The fourth-order valence-corrected chi connectivity index (χ4v) is 4.58. The molecule has 176 valence electrons. The van der Waals surface area contributed by atoms with Gasteiger partial charge in [-0.05, 0) is 36.1 Å². The molecule has 6 heteroatoms. The van der Waals surface area contributed by atoms with Crippen molar-refractivity contribution in [3.63, 3.8) is 0 Å². The zero-order valence-electron chi connectivity index (χ0n) is 20.3. The first-order valence-corrected chi connectivity index (χ1v) is 12.3. The van der Waals surface area contributed by atoms with Gasteiger partial charge in [-0.2, -0.15) is 0 Å². The third-order valence-corrected chi connectivity index (χ3v) is 6.23. The minimum atomic E-state index is 0.0611. The van der Waals surface area contributed by atoms with E-state index >= 15 is 0 Å². The van der Waals surface area contributed by atoms with Crippen LogP contribution < -0.4 is 5.32 Å². The number of piperazine rings is 1. The molecule has 33 heavy (non-hydrogen) atoms. The number of carbonyl (C=O) groups excluding carboxylic acids is 1. The molecule has 2 heterocycles. The van der Waals surface area contributed by atoms with Crippen molar-refractivity contribution >= 4 is 22.6 Å². The Morgan fingerprint density at radius 2 is 1.70 bits per heavy atom. The molecule has 6 nitrogen and oxygen atoms in total. The number of hydrogen-bond acceptors (Lipinski definition) is 4. The predicted molar refractivity (Wildman–Crippen MR) is 135 cm³/mol. The van der Waals surface area contributed by atoms with Crippen LogP contribution in [-0.4, -0.2) is 51.4 Å². The highest BCUT2D eigenvalue weighted by Crippen LogP contribution is 2.23. The molecule has 0 saturated carbocycles. The zero-order chi connectivity index (χ0) is 23.2. The Hall–Kier alpha value is -2.70. The Labute approximate surface area is 197 Å². The van der Waals surface area contributed by atoms with E-state index in [0.717, 1.165) is 74.8 Å². The summed E-state index contributed by atoms with van der Waals surface area (Å²) in [6.07, 6.45) is 1.60. The van der Waals surface area contributed by atoms with Gasteiger partial charge in [-0.1, -0.05) is 51.1 Å². The van der Waals surface area contributed by atoms with Crippen LogP contribution in [0.3, 0.4) is 0 Å². The van der Waals surface area contributed by atoms with Gasteiger partial charge in [-0.3, -0.25) is 14.6 Å². The van der Waals surface area contributed by atoms with E-state index in [9.17, 15) is 4.79 Å². The average molecular weight is 448 g/mol. The SMILES string of the molecule is CCCn1c(CN2CCN(Cc3ccccc3)CC2)nc2cc(NC(=O)CC(C)C)ccc21.